The van der Waals surface area contributed by atoms with Crippen LogP contribution in [-0.2, 0) is 19.5 Å². The Kier molecular flexibility index (Phi) is 5.03. The second kappa shape index (κ2) is 6.43. The molecule has 0 N–H and O–H groups in total. The minimum absolute atomic E-state index is 0.0633. The molecule has 1 aliphatic heterocycles. The summed E-state index contributed by atoms with van der Waals surface area (Å²) in [6, 6.07) is -0.103. The zero-order chi connectivity index (χ0) is 15.6. The number of rotatable bonds is 4. The molecular formula is C13H19NO5S2. The van der Waals surface area contributed by atoms with Crippen molar-refractivity contribution in [3.8, 4) is 0 Å². The number of sulfonamides is 1. The number of esters is 1. The van der Waals surface area contributed by atoms with E-state index >= 15 is 0 Å². The maximum Gasteiger partial charge on any atom is 0.349 e. The van der Waals surface area contributed by atoms with E-state index in [2.05, 4.69) is 4.74 Å². The van der Waals surface area contributed by atoms with Crippen LogP contribution in [0.15, 0.2) is 10.3 Å². The summed E-state index contributed by atoms with van der Waals surface area (Å²) in [7, 11) is -0.919. The van der Waals surface area contributed by atoms with Crippen molar-refractivity contribution in [3.05, 3.63) is 15.8 Å². The van der Waals surface area contributed by atoms with E-state index in [4.69, 9.17) is 4.74 Å². The van der Waals surface area contributed by atoms with Crippen LogP contribution in [0.25, 0.3) is 0 Å². The van der Waals surface area contributed by atoms with Crippen molar-refractivity contribution in [2.45, 2.75) is 30.7 Å². The number of hydrogen-bond acceptors (Lipinski definition) is 6. The fraction of sp³-hybridized carbons (Fsp3) is 0.615. The molecule has 0 aromatic carbocycles. The summed E-state index contributed by atoms with van der Waals surface area (Å²) in [5, 5.41) is 1.66. The number of ether oxygens (including phenoxy) is 2. The maximum absolute atomic E-state index is 12.8. The van der Waals surface area contributed by atoms with Gasteiger partial charge in [0, 0.05) is 26.3 Å². The van der Waals surface area contributed by atoms with Crippen LogP contribution < -0.4 is 0 Å². The number of methoxy groups -OCH3 is 1. The van der Waals surface area contributed by atoms with Gasteiger partial charge in [-0.05, 0) is 30.7 Å². The normalized spacial score (nSPS) is 17.1. The first-order valence-corrected chi connectivity index (χ1v) is 8.93. The van der Waals surface area contributed by atoms with Gasteiger partial charge in [0.25, 0.3) is 0 Å². The molecule has 2 rings (SSSR count). The number of carbonyl (C=O) groups excluding carboxylic acids is 1. The van der Waals surface area contributed by atoms with E-state index in [0.717, 1.165) is 11.3 Å². The first-order valence-electron chi connectivity index (χ1n) is 6.61. The van der Waals surface area contributed by atoms with E-state index in [1.807, 2.05) is 0 Å². The van der Waals surface area contributed by atoms with Crippen LogP contribution >= 0.6 is 11.3 Å². The average molecular weight is 333 g/mol. The van der Waals surface area contributed by atoms with Crippen molar-refractivity contribution in [1.29, 1.82) is 0 Å². The standard InChI is InChI=1S/C13H19NO5S2/c1-9-8-20-11(13(15)18-3)12(9)21(16,17)14(2)10-4-6-19-7-5-10/h8,10H,4-7H2,1-3H3. The monoisotopic (exact) mass is 333 g/mol. The van der Waals surface area contributed by atoms with Crippen LogP contribution in [0, 0.1) is 6.92 Å². The highest BCUT2D eigenvalue weighted by Crippen LogP contribution is 2.31. The number of aryl methyl sites for hydroxylation is 1. The Morgan fingerprint density at radius 1 is 1.43 bits per heavy atom. The number of hydrogen-bond donors (Lipinski definition) is 0. The van der Waals surface area contributed by atoms with Gasteiger partial charge in [-0.15, -0.1) is 11.3 Å². The average Bonchev–Trinajstić information content (AvgIpc) is 2.89. The fourth-order valence-corrected chi connectivity index (χ4v) is 5.45. The summed E-state index contributed by atoms with van der Waals surface area (Å²) < 4.78 is 37.0. The second-order valence-corrected chi connectivity index (χ2v) is 7.75. The lowest BCUT2D eigenvalue weighted by atomic mass is 10.1. The fourth-order valence-electron chi connectivity index (χ4n) is 2.38. The van der Waals surface area contributed by atoms with Crippen molar-refractivity contribution < 1.29 is 22.7 Å². The minimum Gasteiger partial charge on any atom is -0.465 e. The largest absolute Gasteiger partial charge is 0.465 e. The molecule has 1 aliphatic rings. The highest BCUT2D eigenvalue weighted by molar-refractivity contribution is 7.89. The molecule has 2 heterocycles. The lowest BCUT2D eigenvalue weighted by Crippen LogP contribution is -2.41. The van der Waals surface area contributed by atoms with E-state index in [9.17, 15) is 13.2 Å². The summed E-state index contributed by atoms with van der Waals surface area (Å²) in [4.78, 5) is 12.0. The van der Waals surface area contributed by atoms with Crippen LogP contribution in [0.2, 0.25) is 0 Å². The molecule has 1 saturated heterocycles. The van der Waals surface area contributed by atoms with E-state index in [1.165, 1.54) is 11.4 Å². The van der Waals surface area contributed by atoms with Crippen molar-refractivity contribution in [2.24, 2.45) is 0 Å². The van der Waals surface area contributed by atoms with Crippen LogP contribution in [0.4, 0.5) is 0 Å². The Labute approximate surface area is 128 Å². The summed E-state index contributed by atoms with van der Waals surface area (Å²) >= 11 is 1.09. The highest BCUT2D eigenvalue weighted by atomic mass is 32.2. The molecule has 1 fully saturated rings. The molecule has 21 heavy (non-hydrogen) atoms. The molecule has 0 radical (unpaired) electrons. The number of thiophene rings is 1. The first kappa shape index (κ1) is 16.4. The van der Waals surface area contributed by atoms with E-state index in [1.54, 1.807) is 19.4 Å². The Hall–Kier alpha value is -0.960. The summed E-state index contributed by atoms with van der Waals surface area (Å²) in [5.41, 5.74) is 0.569. The number of nitrogens with zero attached hydrogens (tertiary/aromatic N) is 1. The van der Waals surface area contributed by atoms with Gasteiger partial charge in [0.05, 0.1) is 7.11 Å². The van der Waals surface area contributed by atoms with Crippen molar-refractivity contribution in [2.75, 3.05) is 27.4 Å². The molecule has 118 valence electrons. The van der Waals surface area contributed by atoms with Crippen LogP contribution in [0.3, 0.4) is 0 Å². The van der Waals surface area contributed by atoms with Gasteiger partial charge >= 0.3 is 5.97 Å². The van der Waals surface area contributed by atoms with Gasteiger partial charge in [-0.2, -0.15) is 4.31 Å². The van der Waals surface area contributed by atoms with Gasteiger partial charge in [0.1, 0.15) is 9.77 Å². The molecular weight excluding hydrogens is 314 g/mol. The Morgan fingerprint density at radius 3 is 2.62 bits per heavy atom. The third-order valence-electron chi connectivity index (χ3n) is 3.63. The Morgan fingerprint density at radius 2 is 2.05 bits per heavy atom. The minimum atomic E-state index is -3.72. The van der Waals surface area contributed by atoms with E-state index < -0.39 is 16.0 Å². The zero-order valence-electron chi connectivity index (χ0n) is 12.3. The van der Waals surface area contributed by atoms with Gasteiger partial charge in [0.15, 0.2) is 0 Å². The van der Waals surface area contributed by atoms with Crippen molar-refractivity contribution in [1.82, 2.24) is 4.31 Å². The lowest BCUT2D eigenvalue weighted by Gasteiger charge is -2.30. The van der Waals surface area contributed by atoms with Crippen LogP contribution in [0.1, 0.15) is 28.1 Å². The first-order chi connectivity index (χ1) is 9.89. The number of carbonyl (C=O) groups is 1. The molecule has 1 aromatic rings. The third-order valence-corrected chi connectivity index (χ3v) is 6.94. The molecule has 0 unspecified atom stereocenters. The van der Waals surface area contributed by atoms with Crippen molar-refractivity contribution >= 4 is 27.3 Å². The van der Waals surface area contributed by atoms with Gasteiger partial charge in [-0.1, -0.05) is 0 Å². The molecule has 1 aromatic heterocycles. The van der Waals surface area contributed by atoms with E-state index in [-0.39, 0.29) is 15.8 Å². The quantitative estimate of drug-likeness (QED) is 0.783. The molecule has 0 amide bonds. The Bertz CT molecular complexity index is 617. The molecule has 0 saturated carbocycles. The molecule has 0 aliphatic carbocycles. The van der Waals surface area contributed by atoms with Crippen LogP contribution in [0.5, 0.6) is 0 Å². The van der Waals surface area contributed by atoms with Gasteiger partial charge in [-0.25, -0.2) is 13.2 Å². The molecule has 0 bridgehead atoms. The van der Waals surface area contributed by atoms with Gasteiger partial charge < -0.3 is 9.47 Å². The Balaban J connectivity index is 2.39. The predicted molar refractivity (Wildman–Crippen MR) is 79.2 cm³/mol. The van der Waals surface area contributed by atoms with Gasteiger partial charge in [0.2, 0.25) is 10.0 Å². The SMILES string of the molecule is COC(=O)c1scc(C)c1S(=O)(=O)N(C)C1CCOCC1. The van der Waals surface area contributed by atoms with E-state index in [0.29, 0.717) is 31.6 Å². The maximum atomic E-state index is 12.8. The van der Waals surface area contributed by atoms with Crippen molar-refractivity contribution in [3.63, 3.8) is 0 Å². The van der Waals surface area contributed by atoms with Crippen LogP contribution in [-0.4, -0.2) is 52.1 Å². The molecule has 0 spiro atoms. The topological polar surface area (TPSA) is 72.9 Å². The zero-order valence-corrected chi connectivity index (χ0v) is 13.9. The molecule has 6 nitrogen and oxygen atoms in total. The third kappa shape index (κ3) is 3.13. The predicted octanol–water partition coefficient (Wildman–Crippen LogP) is 1.64. The smallest absolute Gasteiger partial charge is 0.349 e. The second-order valence-electron chi connectivity index (χ2n) is 4.93. The molecule has 0 atom stereocenters. The highest BCUT2D eigenvalue weighted by Gasteiger charge is 2.34. The summed E-state index contributed by atoms with van der Waals surface area (Å²) in [5.74, 6) is -0.618. The summed E-state index contributed by atoms with van der Waals surface area (Å²) in [6.07, 6.45) is 1.32. The van der Waals surface area contributed by atoms with Gasteiger partial charge in [-0.3, -0.25) is 0 Å². The summed E-state index contributed by atoms with van der Waals surface area (Å²) in [6.45, 7) is 2.79. The molecule has 8 heteroatoms. The lowest BCUT2D eigenvalue weighted by molar-refractivity contribution is 0.0597.